The number of aliphatic hydroxyl groups excluding tert-OH is 2. The molecule has 1 amide bonds. The van der Waals surface area contributed by atoms with Crippen molar-refractivity contribution in [3.8, 4) is 0 Å². The third-order valence-electron chi connectivity index (χ3n) is 3.31. The Bertz CT molecular complexity index is 624. The van der Waals surface area contributed by atoms with E-state index in [-0.39, 0.29) is 12.1 Å². The van der Waals surface area contributed by atoms with Crippen molar-refractivity contribution in [2.45, 2.75) is 26.0 Å². The van der Waals surface area contributed by atoms with Gasteiger partial charge in [-0.05, 0) is 31.5 Å². The van der Waals surface area contributed by atoms with Gasteiger partial charge in [-0.25, -0.2) is 4.39 Å². The third kappa shape index (κ3) is 2.80. The fraction of sp³-hybridized carbons (Fsp3) is 0.333. The number of benzene rings is 1. The highest BCUT2D eigenvalue weighted by Gasteiger charge is 2.42. The van der Waals surface area contributed by atoms with E-state index in [0.717, 1.165) is 0 Å². The Hall–Kier alpha value is -2.21. The van der Waals surface area contributed by atoms with Gasteiger partial charge in [-0.1, -0.05) is 12.1 Å². The van der Waals surface area contributed by atoms with Crippen LogP contribution in [0, 0.1) is 5.82 Å². The summed E-state index contributed by atoms with van der Waals surface area (Å²) in [4.78, 5) is 25.0. The molecule has 0 saturated heterocycles. The van der Waals surface area contributed by atoms with Crippen molar-refractivity contribution in [1.82, 2.24) is 4.90 Å². The van der Waals surface area contributed by atoms with E-state index in [0.29, 0.717) is 5.56 Å². The zero-order chi connectivity index (χ0) is 15.7. The highest BCUT2D eigenvalue weighted by atomic mass is 19.1. The van der Waals surface area contributed by atoms with Crippen LogP contribution in [0.4, 0.5) is 4.39 Å². The number of rotatable bonds is 4. The molecule has 5 nitrogen and oxygen atoms in total. The van der Waals surface area contributed by atoms with E-state index < -0.39 is 35.4 Å². The van der Waals surface area contributed by atoms with E-state index in [2.05, 4.69) is 0 Å². The zero-order valence-corrected chi connectivity index (χ0v) is 11.7. The average Bonchev–Trinajstić information content (AvgIpc) is 2.63. The Balaban J connectivity index is 2.54. The number of hydrogen-bond acceptors (Lipinski definition) is 4. The smallest absolute Gasteiger partial charge is 0.290 e. The summed E-state index contributed by atoms with van der Waals surface area (Å²) in [5.41, 5.74) is 0.296. The number of β-amino-alcohol motifs (C(OH)–C–C–N with tert-alkyl or cyclic N) is 1. The van der Waals surface area contributed by atoms with Crippen molar-refractivity contribution in [2.24, 2.45) is 0 Å². The van der Waals surface area contributed by atoms with Crippen LogP contribution in [-0.2, 0) is 9.59 Å². The number of carbonyl (C=O) groups excluding carboxylic acids is 2. The minimum Gasteiger partial charge on any atom is -0.503 e. The lowest BCUT2D eigenvalue weighted by molar-refractivity contribution is -0.130. The summed E-state index contributed by atoms with van der Waals surface area (Å²) >= 11 is 0. The lowest BCUT2D eigenvalue weighted by Crippen LogP contribution is -2.36. The second-order valence-corrected chi connectivity index (χ2v) is 5.08. The van der Waals surface area contributed by atoms with Crippen molar-refractivity contribution in [2.75, 3.05) is 6.54 Å². The molecule has 2 atom stereocenters. The third-order valence-corrected chi connectivity index (χ3v) is 3.31. The molecule has 1 aliphatic heterocycles. The van der Waals surface area contributed by atoms with E-state index in [4.69, 9.17) is 0 Å². The van der Waals surface area contributed by atoms with Gasteiger partial charge in [0.1, 0.15) is 5.82 Å². The second kappa shape index (κ2) is 5.65. The Morgan fingerprint density at radius 3 is 2.67 bits per heavy atom. The minimum absolute atomic E-state index is 0.0686. The zero-order valence-electron chi connectivity index (χ0n) is 11.7. The molecule has 1 aromatic rings. The van der Waals surface area contributed by atoms with Crippen LogP contribution in [0.15, 0.2) is 35.6 Å². The molecular weight excluding hydrogens is 277 g/mol. The number of halogens is 1. The van der Waals surface area contributed by atoms with Gasteiger partial charge in [0.15, 0.2) is 11.5 Å². The van der Waals surface area contributed by atoms with Gasteiger partial charge in [-0.3, -0.25) is 9.59 Å². The summed E-state index contributed by atoms with van der Waals surface area (Å²) in [5.74, 6) is -2.36. The summed E-state index contributed by atoms with van der Waals surface area (Å²) < 4.78 is 13.4. The molecular formula is C15H16FNO4. The first-order valence-electron chi connectivity index (χ1n) is 6.51. The summed E-state index contributed by atoms with van der Waals surface area (Å²) in [7, 11) is 0. The fourth-order valence-electron chi connectivity index (χ4n) is 2.51. The fourth-order valence-corrected chi connectivity index (χ4v) is 2.51. The van der Waals surface area contributed by atoms with Gasteiger partial charge in [0.05, 0.1) is 17.7 Å². The number of ketones is 1. The molecule has 1 aliphatic rings. The van der Waals surface area contributed by atoms with Crippen molar-refractivity contribution >= 4 is 11.7 Å². The van der Waals surface area contributed by atoms with Crippen LogP contribution in [0.5, 0.6) is 0 Å². The molecule has 0 aromatic heterocycles. The molecule has 0 spiro atoms. The normalized spacial score (nSPS) is 20.1. The number of nitrogens with zero attached hydrogens (tertiary/aromatic N) is 1. The van der Waals surface area contributed by atoms with Gasteiger partial charge in [-0.2, -0.15) is 0 Å². The monoisotopic (exact) mass is 293 g/mol. The standard InChI is InChI=1S/C15H16FNO4/c1-8(18)7-17-13(10-4-3-5-11(16)6-10)12(9(2)19)14(20)15(17)21/h3-6,8,13,18,20H,7H2,1-2H3/t8-,13+/m1/s1. The predicted octanol–water partition coefficient (Wildman–Crippen LogP) is 1.49. The first-order chi connectivity index (χ1) is 9.82. The maximum Gasteiger partial charge on any atom is 0.290 e. The largest absolute Gasteiger partial charge is 0.503 e. The van der Waals surface area contributed by atoms with E-state index >= 15 is 0 Å². The quantitative estimate of drug-likeness (QED) is 0.881. The number of carbonyl (C=O) groups is 2. The number of hydrogen-bond donors (Lipinski definition) is 2. The van der Waals surface area contributed by atoms with Crippen molar-refractivity contribution in [3.63, 3.8) is 0 Å². The first kappa shape index (κ1) is 15.2. The van der Waals surface area contributed by atoms with Crippen molar-refractivity contribution in [1.29, 1.82) is 0 Å². The molecule has 0 saturated carbocycles. The lowest BCUT2D eigenvalue weighted by Gasteiger charge is -2.27. The Labute approximate surface area is 121 Å². The summed E-state index contributed by atoms with van der Waals surface area (Å²) in [6.07, 6.45) is -0.843. The second-order valence-electron chi connectivity index (χ2n) is 5.08. The molecule has 1 heterocycles. The molecule has 2 rings (SSSR count). The summed E-state index contributed by atoms with van der Waals surface area (Å²) in [6.45, 7) is 2.65. The number of aliphatic hydroxyl groups is 2. The van der Waals surface area contributed by atoms with Crippen molar-refractivity contribution in [3.05, 3.63) is 47.0 Å². The van der Waals surface area contributed by atoms with Crippen LogP contribution in [0.25, 0.3) is 0 Å². The highest BCUT2D eigenvalue weighted by Crippen LogP contribution is 2.37. The van der Waals surface area contributed by atoms with E-state index in [1.54, 1.807) is 6.07 Å². The molecule has 0 unspecified atom stereocenters. The molecule has 112 valence electrons. The summed E-state index contributed by atoms with van der Waals surface area (Å²) in [5, 5.41) is 19.4. The van der Waals surface area contributed by atoms with E-state index in [1.807, 2.05) is 0 Å². The summed E-state index contributed by atoms with van der Waals surface area (Å²) in [6, 6.07) is 4.59. The van der Waals surface area contributed by atoms with Gasteiger partial charge in [0, 0.05) is 6.54 Å². The van der Waals surface area contributed by atoms with Crippen LogP contribution in [0.2, 0.25) is 0 Å². The number of amides is 1. The maximum atomic E-state index is 13.4. The van der Waals surface area contributed by atoms with E-state index in [1.165, 1.54) is 36.9 Å². The molecule has 21 heavy (non-hydrogen) atoms. The average molecular weight is 293 g/mol. The molecule has 0 bridgehead atoms. The first-order valence-corrected chi connectivity index (χ1v) is 6.51. The number of Topliss-reactive ketones (excluding diaryl/α,β-unsaturated/α-hetero) is 1. The van der Waals surface area contributed by atoms with Gasteiger partial charge in [0.2, 0.25) is 0 Å². The maximum absolute atomic E-state index is 13.4. The molecule has 6 heteroatoms. The molecule has 0 aliphatic carbocycles. The van der Waals surface area contributed by atoms with Crippen LogP contribution < -0.4 is 0 Å². The highest BCUT2D eigenvalue weighted by molar-refractivity contribution is 6.08. The predicted molar refractivity (Wildman–Crippen MR) is 72.9 cm³/mol. The van der Waals surface area contributed by atoms with Crippen LogP contribution in [0.1, 0.15) is 25.5 Å². The SMILES string of the molecule is CC(=O)C1=C(O)C(=O)N(C[C@@H](C)O)[C@H]1c1cccc(F)c1. The van der Waals surface area contributed by atoms with Crippen LogP contribution >= 0.6 is 0 Å². The van der Waals surface area contributed by atoms with Gasteiger partial charge >= 0.3 is 0 Å². The van der Waals surface area contributed by atoms with Crippen LogP contribution in [-0.4, -0.2) is 39.5 Å². The molecule has 0 radical (unpaired) electrons. The van der Waals surface area contributed by atoms with Gasteiger partial charge < -0.3 is 15.1 Å². The van der Waals surface area contributed by atoms with E-state index in [9.17, 15) is 24.2 Å². The topological polar surface area (TPSA) is 77.8 Å². The van der Waals surface area contributed by atoms with Gasteiger partial charge in [-0.15, -0.1) is 0 Å². The Kier molecular flexibility index (Phi) is 4.09. The van der Waals surface area contributed by atoms with Crippen molar-refractivity contribution < 1.29 is 24.2 Å². The lowest BCUT2D eigenvalue weighted by atomic mass is 9.96. The Morgan fingerprint density at radius 1 is 1.48 bits per heavy atom. The minimum atomic E-state index is -0.889. The van der Waals surface area contributed by atoms with Crippen LogP contribution in [0.3, 0.4) is 0 Å². The molecule has 1 aromatic carbocycles. The van der Waals surface area contributed by atoms with Gasteiger partial charge in [0.25, 0.3) is 5.91 Å². The Morgan fingerprint density at radius 2 is 2.14 bits per heavy atom. The molecule has 2 N–H and O–H groups in total. The molecule has 0 fully saturated rings.